The Morgan fingerprint density at radius 3 is 2.52 bits per heavy atom. The van der Waals surface area contributed by atoms with E-state index in [2.05, 4.69) is 72.9 Å². The first-order valence-electron chi connectivity index (χ1n) is 7.53. The van der Waals surface area contributed by atoms with E-state index in [4.69, 9.17) is 0 Å². The molecule has 0 aliphatic heterocycles. The van der Waals surface area contributed by atoms with E-state index in [1.807, 2.05) is 11.3 Å². The van der Waals surface area contributed by atoms with Crippen LogP contribution in [0.1, 0.15) is 19.8 Å². The minimum absolute atomic E-state index is 1.03. The number of unbranched alkanes of at least 4 members (excludes halogenated alkanes) is 1. The molecule has 0 atom stereocenters. The molecule has 21 heavy (non-hydrogen) atoms. The maximum Gasteiger partial charge on any atom is 0.240 e. The van der Waals surface area contributed by atoms with Gasteiger partial charge >= 0.3 is 0 Å². The van der Waals surface area contributed by atoms with Gasteiger partial charge in [0.2, 0.25) is 20.9 Å². The van der Waals surface area contributed by atoms with Gasteiger partial charge < -0.3 is 5.32 Å². The summed E-state index contributed by atoms with van der Waals surface area (Å²) in [6.45, 7) is 3.26. The molecule has 0 amide bonds. The molecule has 0 bridgehead atoms. The van der Waals surface area contributed by atoms with Gasteiger partial charge in [-0.1, -0.05) is 43.7 Å². The van der Waals surface area contributed by atoms with Crippen LogP contribution in [0.3, 0.4) is 0 Å². The van der Waals surface area contributed by atoms with Crippen LogP contribution in [0.25, 0.3) is 20.5 Å². The van der Waals surface area contributed by atoms with Crippen molar-refractivity contribution >= 4 is 27.1 Å². The number of rotatable bonds is 5. The van der Waals surface area contributed by atoms with Gasteiger partial charge in [-0.2, -0.15) is 0 Å². The topological polar surface area (TPSA) is 12.0 Å². The molecule has 0 spiro atoms. The van der Waals surface area contributed by atoms with Crippen LogP contribution in [0.15, 0.2) is 60.7 Å². The molecule has 0 saturated heterocycles. The first kappa shape index (κ1) is 14.0. The predicted octanol–water partition coefficient (Wildman–Crippen LogP) is 6.06. The quantitative estimate of drug-likeness (QED) is 0.445. The molecule has 0 aliphatic carbocycles. The van der Waals surface area contributed by atoms with Gasteiger partial charge in [-0.15, -0.1) is 0 Å². The van der Waals surface area contributed by atoms with Gasteiger partial charge in [0.25, 0.3) is 0 Å². The number of benzene rings is 2. The van der Waals surface area contributed by atoms with Gasteiger partial charge in [0.1, 0.15) is 0 Å². The Morgan fingerprint density at radius 1 is 0.952 bits per heavy atom. The second-order valence-electron chi connectivity index (χ2n) is 5.17. The van der Waals surface area contributed by atoms with Crippen molar-refractivity contribution in [3.63, 3.8) is 0 Å². The summed E-state index contributed by atoms with van der Waals surface area (Å²) in [5.74, 6) is 0. The van der Waals surface area contributed by atoms with E-state index in [0.717, 1.165) is 6.54 Å². The predicted molar refractivity (Wildman–Crippen MR) is 95.1 cm³/mol. The number of nitrogens with one attached hydrogen (secondary N) is 1. The highest BCUT2D eigenvalue weighted by atomic mass is 32.1. The summed E-state index contributed by atoms with van der Waals surface area (Å²) in [7, 11) is 0. The van der Waals surface area contributed by atoms with Crippen LogP contribution in [0, 0.1) is 0 Å². The minimum atomic E-state index is 1.03. The summed E-state index contributed by atoms with van der Waals surface area (Å²) in [5, 5.41) is 4.92. The average molecular weight is 294 g/mol. The van der Waals surface area contributed by atoms with Crippen molar-refractivity contribution < 1.29 is 0 Å². The lowest BCUT2D eigenvalue weighted by atomic mass is 10.1. The molecular formula is C19H20NS+. The molecule has 1 heterocycles. The molecule has 1 nitrogen and oxygen atoms in total. The van der Waals surface area contributed by atoms with Crippen LogP contribution in [-0.4, -0.2) is 6.54 Å². The lowest BCUT2D eigenvalue weighted by molar-refractivity contribution is 0.835. The largest absolute Gasteiger partial charge is 0.384 e. The van der Waals surface area contributed by atoms with Gasteiger partial charge in [0.15, 0.2) is 0 Å². The van der Waals surface area contributed by atoms with Crippen molar-refractivity contribution in [1.82, 2.24) is 0 Å². The van der Waals surface area contributed by atoms with Gasteiger partial charge in [0, 0.05) is 24.2 Å². The van der Waals surface area contributed by atoms with Crippen LogP contribution in [0.4, 0.5) is 5.69 Å². The second-order valence-corrected chi connectivity index (χ2v) is 6.25. The highest BCUT2D eigenvalue weighted by molar-refractivity contribution is 7.21. The lowest BCUT2D eigenvalue weighted by Crippen LogP contribution is -2.01. The van der Waals surface area contributed by atoms with E-state index in [-0.39, 0.29) is 0 Å². The van der Waals surface area contributed by atoms with Crippen molar-refractivity contribution in [3.8, 4) is 10.4 Å². The third kappa shape index (κ3) is 3.22. The van der Waals surface area contributed by atoms with E-state index in [9.17, 15) is 0 Å². The zero-order valence-electron chi connectivity index (χ0n) is 12.3. The van der Waals surface area contributed by atoms with Crippen molar-refractivity contribution in [2.75, 3.05) is 11.9 Å². The van der Waals surface area contributed by atoms with Gasteiger partial charge in [-0.25, -0.2) is 0 Å². The smallest absolute Gasteiger partial charge is 0.240 e. The van der Waals surface area contributed by atoms with Crippen molar-refractivity contribution in [1.29, 1.82) is 0 Å². The third-order valence-electron chi connectivity index (χ3n) is 3.58. The van der Waals surface area contributed by atoms with Crippen LogP contribution < -0.4 is 5.32 Å². The van der Waals surface area contributed by atoms with Crippen molar-refractivity contribution in [2.45, 2.75) is 19.8 Å². The molecule has 0 saturated carbocycles. The van der Waals surface area contributed by atoms with E-state index in [0.29, 0.717) is 0 Å². The average Bonchev–Trinajstić information content (AvgIpc) is 2.55. The second kappa shape index (κ2) is 6.68. The Hall–Kier alpha value is -1.93. The minimum Gasteiger partial charge on any atom is -0.384 e. The van der Waals surface area contributed by atoms with Crippen molar-refractivity contribution in [2.24, 2.45) is 0 Å². The fraction of sp³-hybridized carbons (Fsp3) is 0.211. The maximum absolute atomic E-state index is 3.61. The molecule has 0 radical (unpaired) electrons. The Balaban J connectivity index is 2.06. The van der Waals surface area contributed by atoms with E-state index in [1.54, 1.807) is 0 Å². The van der Waals surface area contributed by atoms with Crippen LogP contribution in [0.5, 0.6) is 0 Å². The molecule has 0 aliphatic rings. The number of hydrogen-bond donors (Lipinski definition) is 1. The standard InChI is InChI=1S/C19H20NS/c1-2-3-13-20-17-14-19(15-9-5-4-6-10-15)21-18-12-8-7-11-16(17)18/h4-12,14,20H,2-3,13H2,1H3/q+1. The number of fused-ring (bicyclic) bond motifs is 1. The molecular weight excluding hydrogens is 274 g/mol. The molecule has 2 heteroatoms. The molecule has 3 aromatic rings. The van der Waals surface area contributed by atoms with E-state index >= 15 is 0 Å². The monoisotopic (exact) mass is 294 g/mol. The van der Waals surface area contributed by atoms with E-state index < -0.39 is 0 Å². The summed E-state index contributed by atoms with van der Waals surface area (Å²) in [5.41, 5.74) is 2.53. The van der Waals surface area contributed by atoms with Gasteiger partial charge in [-0.05, 0) is 24.6 Å². The summed E-state index contributed by atoms with van der Waals surface area (Å²) >= 11 is 1.85. The van der Waals surface area contributed by atoms with Crippen LogP contribution >= 0.6 is 11.3 Å². The highest BCUT2D eigenvalue weighted by Gasteiger charge is 2.16. The molecule has 3 rings (SSSR count). The highest BCUT2D eigenvalue weighted by Crippen LogP contribution is 2.35. The van der Waals surface area contributed by atoms with Crippen LogP contribution in [0.2, 0.25) is 0 Å². The molecule has 1 aromatic heterocycles. The number of anilines is 1. The molecule has 0 fully saturated rings. The Labute approximate surface area is 130 Å². The molecule has 0 unspecified atom stereocenters. The third-order valence-corrected chi connectivity index (χ3v) is 4.73. The maximum atomic E-state index is 3.61. The zero-order valence-corrected chi connectivity index (χ0v) is 13.1. The Bertz CT molecular complexity index is 722. The summed E-state index contributed by atoms with van der Waals surface area (Å²) in [6.07, 6.45) is 2.42. The van der Waals surface area contributed by atoms with Gasteiger partial charge in [0.05, 0.1) is 11.1 Å². The Kier molecular flexibility index (Phi) is 4.46. The van der Waals surface area contributed by atoms with Crippen molar-refractivity contribution in [3.05, 3.63) is 60.7 Å². The first-order valence-corrected chi connectivity index (χ1v) is 8.35. The molecule has 2 aromatic carbocycles. The summed E-state index contributed by atoms with van der Waals surface area (Å²) in [4.78, 5) is 1.31. The number of hydrogen-bond acceptors (Lipinski definition) is 1. The molecule has 1 N–H and O–H groups in total. The summed E-state index contributed by atoms with van der Waals surface area (Å²) < 4.78 is 1.33. The fourth-order valence-electron chi connectivity index (χ4n) is 2.43. The van der Waals surface area contributed by atoms with E-state index in [1.165, 1.54) is 39.1 Å². The SMILES string of the molecule is CCCCNc1cc(-c2ccccc2)[s+]c2ccccc12. The fourth-order valence-corrected chi connectivity index (χ4v) is 3.53. The zero-order chi connectivity index (χ0) is 14.5. The lowest BCUT2D eigenvalue weighted by Gasteiger charge is -2.07. The summed E-state index contributed by atoms with van der Waals surface area (Å²) in [6, 6.07) is 21.5. The van der Waals surface area contributed by atoms with Crippen LogP contribution in [-0.2, 0) is 0 Å². The Morgan fingerprint density at radius 2 is 1.71 bits per heavy atom. The van der Waals surface area contributed by atoms with Gasteiger partial charge in [-0.3, -0.25) is 0 Å². The molecule has 106 valence electrons. The first-order chi connectivity index (χ1) is 10.4. The normalized spacial score (nSPS) is 10.7.